The van der Waals surface area contributed by atoms with E-state index in [1.165, 1.54) is 16.8 Å². The SMILES string of the molecule is CN1CCc2cc(C3(CO)CC3)ccc21. The Morgan fingerprint density at radius 2 is 2.20 bits per heavy atom. The van der Waals surface area contributed by atoms with Gasteiger partial charge in [-0.15, -0.1) is 0 Å². The Balaban J connectivity index is 2.00. The fraction of sp³-hybridized carbons (Fsp3) is 0.538. The number of benzene rings is 1. The minimum Gasteiger partial charge on any atom is -0.395 e. The second-order valence-corrected chi connectivity index (χ2v) is 4.95. The van der Waals surface area contributed by atoms with Gasteiger partial charge in [0.2, 0.25) is 0 Å². The zero-order valence-electron chi connectivity index (χ0n) is 9.16. The lowest BCUT2D eigenvalue weighted by Crippen LogP contribution is -2.13. The molecule has 0 unspecified atom stereocenters. The number of aliphatic hydroxyl groups excluding tert-OH is 1. The fourth-order valence-electron chi connectivity index (χ4n) is 2.59. The number of rotatable bonds is 2. The van der Waals surface area contributed by atoms with Crippen LogP contribution in [0.2, 0.25) is 0 Å². The summed E-state index contributed by atoms with van der Waals surface area (Å²) < 4.78 is 0. The van der Waals surface area contributed by atoms with Gasteiger partial charge in [-0.3, -0.25) is 0 Å². The molecular weight excluding hydrogens is 186 g/mol. The number of aliphatic hydroxyl groups is 1. The van der Waals surface area contributed by atoms with Crippen LogP contribution < -0.4 is 4.90 Å². The molecule has 0 saturated heterocycles. The molecular formula is C13H17NO. The van der Waals surface area contributed by atoms with E-state index < -0.39 is 0 Å². The Kier molecular flexibility index (Phi) is 1.84. The minimum absolute atomic E-state index is 0.121. The first-order valence-corrected chi connectivity index (χ1v) is 5.71. The van der Waals surface area contributed by atoms with Crippen molar-refractivity contribution >= 4 is 5.69 Å². The van der Waals surface area contributed by atoms with Crippen molar-refractivity contribution in [3.8, 4) is 0 Å². The molecule has 0 bridgehead atoms. The van der Waals surface area contributed by atoms with Crippen molar-refractivity contribution in [2.75, 3.05) is 25.1 Å². The van der Waals surface area contributed by atoms with Crippen molar-refractivity contribution < 1.29 is 5.11 Å². The van der Waals surface area contributed by atoms with Gasteiger partial charge in [0.1, 0.15) is 0 Å². The average molecular weight is 203 g/mol. The Bertz CT molecular complexity index is 396. The number of nitrogens with zero attached hydrogens (tertiary/aromatic N) is 1. The predicted molar refractivity (Wildman–Crippen MR) is 61.4 cm³/mol. The summed E-state index contributed by atoms with van der Waals surface area (Å²) >= 11 is 0. The zero-order chi connectivity index (χ0) is 10.5. The van der Waals surface area contributed by atoms with E-state index in [2.05, 4.69) is 30.1 Å². The Labute approximate surface area is 90.5 Å². The minimum atomic E-state index is 0.121. The maximum atomic E-state index is 9.40. The van der Waals surface area contributed by atoms with Crippen molar-refractivity contribution in [3.63, 3.8) is 0 Å². The molecule has 2 aliphatic rings. The Morgan fingerprint density at radius 3 is 2.87 bits per heavy atom. The van der Waals surface area contributed by atoms with Crippen LogP contribution in [0.25, 0.3) is 0 Å². The normalized spacial score (nSPS) is 21.6. The number of hydrogen-bond acceptors (Lipinski definition) is 2. The smallest absolute Gasteiger partial charge is 0.0527 e. The Morgan fingerprint density at radius 1 is 1.40 bits per heavy atom. The predicted octanol–water partition coefficient (Wildman–Crippen LogP) is 1.70. The van der Waals surface area contributed by atoms with Gasteiger partial charge < -0.3 is 10.0 Å². The van der Waals surface area contributed by atoms with Gasteiger partial charge >= 0.3 is 0 Å². The third kappa shape index (κ3) is 1.28. The number of hydrogen-bond donors (Lipinski definition) is 1. The molecule has 0 atom stereocenters. The second kappa shape index (κ2) is 2.99. The van der Waals surface area contributed by atoms with Crippen molar-refractivity contribution in [3.05, 3.63) is 29.3 Å². The van der Waals surface area contributed by atoms with Gasteiger partial charge in [0, 0.05) is 24.7 Å². The molecule has 0 spiro atoms. The molecule has 1 aromatic carbocycles. The monoisotopic (exact) mass is 203 g/mol. The molecule has 1 fully saturated rings. The summed E-state index contributed by atoms with van der Waals surface area (Å²) in [7, 11) is 2.14. The van der Waals surface area contributed by atoms with Crippen LogP contribution in [0.1, 0.15) is 24.0 Å². The van der Waals surface area contributed by atoms with Crippen molar-refractivity contribution in [2.45, 2.75) is 24.7 Å². The van der Waals surface area contributed by atoms with Crippen molar-refractivity contribution in [2.24, 2.45) is 0 Å². The fourth-order valence-corrected chi connectivity index (χ4v) is 2.59. The highest BCUT2D eigenvalue weighted by molar-refractivity contribution is 5.59. The van der Waals surface area contributed by atoms with E-state index in [0.29, 0.717) is 6.61 Å². The summed E-state index contributed by atoms with van der Waals surface area (Å²) in [6, 6.07) is 6.72. The van der Waals surface area contributed by atoms with E-state index in [-0.39, 0.29) is 5.41 Å². The van der Waals surface area contributed by atoms with E-state index >= 15 is 0 Å². The van der Waals surface area contributed by atoms with Crippen LogP contribution in [-0.4, -0.2) is 25.3 Å². The highest BCUT2D eigenvalue weighted by Gasteiger charge is 2.43. The zero-order valence-corrected chi connectivity index (χ0v) is 9.16. The molecule has 0 radical (unpaired) electrons. The first-order chi connectivity index (χ1) is 7.25. The van der Waals surface area contributed by atoms with E-state index in [4.69, 9.17) is 0 Å². The molecule has 1 aromatic rings. The van der Waals surface area contributed by atoms with Crippen molar-refractivity contribution in [1.29, 1.82) is 0 Å². The van der Waals surface area contributed by atoms with Crippen LogP contribution in [0, 0.1) is 0 Å². The van der Waals surface area contributed by atoms with E-state index in [9.17, 15) is 5.11 Å². The summed E-state index contributed by atoms with van der Waals surface area (Å²) in [5, 5.41) is 9.40. The highest BCUT2D eigenvalue weighted by atomic mass is 16.3. The van der Waals surface area contributed by atoms with Crippen LogP contribution in [0.4, 0.5) is 5.69 Å². The molecule has 1 aliphatic carbocycles. The topological polar surface area (TPSA) is 23.5 Å². The van der Waals surface area contributed by atoms with Gasteiger partial charge in [-0.1, -0.05) is 12.1 Å². The summed E-state index contributed by atoms with van der Waals surface area (Å²) in [4.78, 5) is 2.30. The van der Waals surface area contributed by atoms with Gasteiger partial charge in [0.25, 0.3) is 0 Å². The van der Waals surface area contributed by atoms with Crippen LogP contribution in [0.3, 0.4) is 0 Å². The number of likely N-dealkylation sites (N-methyl/N-ethyl adjacent to an activating group) is 1. The maximum Gasteiger partial charge on any atom is 0.0527 e. The molecule has 0 amide bonds. The van der Waals surface area contributed by atoms with Crippen LogP contribution in [-0.2, 0) is 11.8 Å². The standard InChI is InChI=1S/C13H17NO/c1-14-7-4-10-8-11(2-3-12(10)14)13(9-15)5-6-13/h2-3,8,15H,4-7,9H2,1H3. The molecule has 1 aliphatic heterocycles. The molecule has 1 saturated carbocycles. The molecule has 2 heteroatoms. The summed E-state index contributed by atoms with van der Waals surface area (Å²) in [5.41, 5.74) is 4.29. The van der Waals surface area contributed by atoms with Crippen LogP contribution in [0.15, 0.2) is 18.2 Å². The molecule has 1 heterocycles. The highest BCUT2D eigenvalue weighted by Crippen LogP contribution is 2.48. The van der Waals surface area contributed by atoms with Gasteiger partial charge in [0.15, 0.2) is 0 Å². The third-order valence-electron chi connectivity index (χ3n) is 3.98. The van der Waals surface area contributed by atoms with E-state index in [1.807, 2.05) is 0 Å². The Hall–Kier alpha value is -1.02. The van der Waals surface area contributed by atoms with Crippen molar-refractivity contribution in [1.82, 2.24) is 0 Å². The molecule has 15 heavy (non-hydrogen) atoms. The average Bonchev–Trinajstić information content (AvgIpc) is 2.99. The lowest BCUT2D eigenvalue weighted by Gasteiger charge is -2.15. The molecule has 2 nitrogen and oxygen atoms in total. The molecule has 3 rings (SSSR count). The lowest BCUT2D eigenvalue weighted by atomic mass is 9.94. The van der Waals surface area contributed by atoms with Gasteiger partial charge in [-0.2, -0.15) is 0 Å². The first-order valence-electron chi connectivity index (χ1n) is 5.71. The second-order valence-electron chi connectivity index (χ2n) is 4.95. The quantitative estimate of drug-likeness (QED) is 0.791. The van der Waals surface area contributed by atoms with E-state index in [1.54, 1.807) is 0 Å². The van der Waals surface area contributed by atoms with Gasteiger partial charge in [-0.25, -0.2) is 0 Å². The van der Waals surface area contributed by atoms with E-state index in [0.717, 1.165) is 25.8 Å². The van der Waals surface area contributed by atoms with Crippen LogP contribution >= 0.6 is 0 Å². The largest absolute Gasteiger partial charge is 0.395 e. The summed E-state index contributed by atoms with van der Waals surface area (Å²) in [5.74, 6) is 0. The molecule has 80 valence electrons. The third-order valence-corrected chi connectivity index (χ3v) is 3.98. The first kappa shape index (κ1) is 9.22. The van der Waals surface area contributed by atoms with Gasteiger partial charge in [0.05, 0.1) is 6.61 Å². The summed E-state index contributed by atoms with van der Waals surface area (Å²) in [6.07, 6.45) is 3.46. The molecule has 0 aromatic heterocycles. The number of fused-ring (bicyclic) bond motifs is 1. The number of anilines is 1. The molecule has 1 N–H and O–H groups in total. The van der Waals surface area contributed by atoms with Crippen LogP contribution in [0.5, 0.6) is 0 Å². The van der Waals surface area contributed by atoms with Gasteiger partial charge in [-0.05, 0) is 36.5 Å². The summed E-state index contributed by atoms with van der Waals surface area (Å²) in [6.45, 7) is 1.44. The lowest BCUT2D eigenvalue weighted by molar-refractivity contribution is 0.255. The maximum absolute atomic E-state index is 9.40.